The van der Waals surface area contributed by atoms with Crippen molar-refractivity contribution in [3.05, 3.63) is 46.4 Å². The molecule has 0 spiro atoms. The van der Waals surface area contributed by atoms with Gasteiger partial charge in [-0.05, 0) is 45.2 Å². The SMILES string of the molecule is CC#CCn1c(N2CCCC(N)C2)nc2cnn(CC3=NC(C)(C)c4ccccc4S3)c(=O)c21. The van der Waals surface area contributed by atoms with Gasteiger partial charge in [0, 0.05) is 24.0 Å². The fourth-order valence-corrected chi connectivity index (χ4v) is 5.99. The average molecular weight is 476 g/mol. The summed E-state index contributed by atoms with van der Waals surface area (Å²) in [6.45, 7) is 8.27. The van der Waals surface area contributed by atoms with Gasteiger partial charge in [0.1, 0.15) is 11.0 Å². The van der Waals surface area contributed by atoms with Gasteiger partial charge < -0.3 is 10.6 Å². The van der Waals surface area contributed by atoms with Gasteiger partial charge in [0.2, 0.25) is 5.95 Å². The van der Waals surface area contributed by atoms with Crippen molar-refractivity contribution in [2.75, 3.05) is 18.0 Å². The number of nitrogens with two attached hydrogens (primary N) is 1. The molecule has 2 aromatic heterocycles. The predicted octanol–water partition coefficient (Wildman–Crippen LogP) is 2.98. The van der Waals surface area contributed by atoms with E-state index in [1.807, 2.05) is 16.7 Å². The molecule has 1 aromatic carbocycles. The van der Waals surface area contributed by atoms with E-state index in [-0.39, 0.29) is 17.1 Å². The van der Waals surface area contributed by atoms with E-state index in [4.69, 9.17) is 15.7 Å². The lowest BCUT2D eigenvalue weighted by atomic mass is 9.95. The third-order valence-electron chi connectivity index (χ3n) is 6.35. The zero-order valence-corrected chi connectivity index (χ0v) is 20.6. The Morgan fingerprint density at radius 2 is 2.12 bits per heavy atom. The molecular formula is C25H29N7OS. The lowest BCUT2D eigenvalue weighted by molar-refractivity contribution is 0.496. The van der Waals surface area contributed by atoms with Crippen LogP contribution in [0, 0.1) is 11.8 Å². The Balaban J connectivity index is 1.55. The number of piperidine rings is 1. The minimum atomic E-state index is -0.358. The summed E-state index contributed by atoms with van der Waals surface area (Å²) in [7, 11) is 0. The molecule has 2 N–H and O–H groups in total. The van der Waals surface area contributed by atoms with Crippen LogP contribution in [0.1, 0.15) is 39.2 Å². The van der Waals surface area contributed by atoms with Gasteiger partial charge >= 0.3 is 0 Å². The highest BCUT2D eigenvalue weighted by atomic mass is 32.2. The van der Waals surface area contributed by atoms with Gasteiger partial charge in [-0.3, -0.25) is 14.4 Å². The Hall–Kier alpha value is -3.09. The fraction of sp³-hybridized carbons (Fsp3) is 0.440. The van der Waals surface area contributed by atoms with E-state index >= 15 is 0 Å². The molecule has 0 saturated carbocycles. The summed E-state index contributed by atoms with van der Waals surface area (Å²) < 4.78 is 3.40. The van der Waals surface area contributed by atoms with Crippen LogP contribution in [0.25, 0.3) is 11.0 Å². The van der Waals surface area contributed by atoms with E-state index in [1.54, 1.807) is 24.9 Å². The number of fused-ring (bicyclic) bond motifs is 2. The highest BCUT2D eigenvalue weighted by Crippen LogP contribution is 2.39. The van der Waals surface area contributed by atoms with E-state index in [1.165, 1.54) is 15.1 Å². The van der Waals surface area contributed by atoms with Crippen molar-refractivity contribution in [2.45, 2.75) is 63.2 Å². The maximum absolute atomic E-state index is 13.6. The number of hydrogen-bond donors (Lipinski definition) is 1. The Morgan fingerprint density at radius 1 is 1.29 bits per heavy atom. The number of benzene rings is 1. The van der Waals surface area contributed by atoms with Crippen molar-refractivity contribution in [3.8, 4) is 11.8 Å². The molecule has 1 unspecified atom stereocenters. The first-order chi connectivity index (χ1) is 16.4. The number of imidazole rings is 1. The Kier molecular flexibility index (Phi) is 5.96. The van der Waals surface area contributed by atoms with E-state index in [0.717, 1.165) is 30.4 Å². The van der Waals surface area contributed by atoms with Crippen molar-refractivity contribution >= 4 is 33.8 Å². The summed E-state index contributed by atoms with van der Waals surface area (Å²) in [6, 6.07) is 8.38. The Morgan fingerprint density at radius 3 is 2.91 bits per heavy atom. The quantitative estimate of drug-likeness (QED) is 0.583. The molecule has 0 aliphatic carbocycles. The van der Waals surface area contributed by atoms with Crippen LogP contribution >= 0.6 is 11.8 Å². The second kappa shape index (κ2) is 8.93. The van der Waals surface area contributed by atoms with Crippen LogP contribution in [0.4, 0.5) is 5.95 Å². The zero-order chi connectivity index (χ0) is 23.9. The maximum atomic E-state index is 13.6. The largest absolute Gasteiger partial charge is 0.341 e. The number of rotatable bonds is 4. The predicted molar refractivity (Wildman–Crippen MR) is 137 cm³/mol. The van der Waals surface area contributed by atoms with Crippen LogP contribution in [-0.2, 0) is 18.6 Å². The standard InChI is InChI=1S/C25H29N7OS/c1-4-5-13-31-22-19(28-24(31)30-12-8-9-17(26)15-30)14-27-32(23(22)33)16-21-29-25(2,3)18-10-6-7-11-20(18)34-21/h6-7,10-11,14,17H,8-9,12-13,15-16,26H2,1-3H3. The minimum Gasteiger partial charge on any atom is -0.341 e. The highest BCUT2D eigenvalue weighted by molar-refractivity contribution is 8.14. The second-order valence-electron chi connectivity index (χ2n) is 9.28. The van der Waals surface area contributed by atoms with Gasteiger partial charge in [-0.1, -0.05) is 35.9 Å². The first kappa shape index (κ1) is 22.7. The lowest BCUT2D eigenvalue weighted by Crippen LogP contribution is -2.44. The molecule has 1 atom stereocenters. The molecule has 5 rings (SSSR count). The second-order valence-corrected chi connectivity index (χ2v) is 10.4. The lowest BCUT2D eigenvalue weighted by Gasteiger charge is -2.31. The number of nitrogens with zero attached hydrogens (tertiary/aromatic N) is 6. The van der Waals surface area contributed by atoms with Crippen LogP contribution in [0.15, 0.2) is 45.1 Å². The van der Waals surface area contributed by atoms with Gasteiger partial charge in [0.25, 0.3) is 5.56 Å². The Labute approximate surface area is 203 Å². The van der Waals surface area contributed by atoms with Crippen LogP contribution in [0.5, 0.6) is 0 Å². The normalized spacial score (nSPS) is 19.4. The molecule has 4 heterocycles. The molecule has 176 valence electrons. The summed E-state index contributed by atoms with van der Waals surface area (Å²) in [6.07, 6.45) is 3.67. The molecule has 0 amide bonds. The van der Waals surface area contributed by atoms with Gasteiger partial charge in [0.15, 0.2) is 0 Å². The van der Waals surface area contributed by atoms with Crippen molar-refractivity contribution in [3.63, 3.8) is 0 Å². The van der Waals surface area contributed by atoms with E-state index in [2.05, 4.69) is 47.8 Å². The van der Waals surface area contributed by atoms with Crippen molar-refractivity contribution < 1.29 is 0 Å². The smallest absolute Gasteiger partial charge is 0.293 e. The Bertz CT molecular complexity index is 1390. The number of anilines is 1. The van der Waals surface area contributed by atoms with Gasteiger partial charge in [-0.15, -0.1) is 5.92 Å². The van der Waals surface area contributed by atoms with E-state index in [0.29, 0.717) is 30.7 Å². The van der Waals surface area contributed by atoms with Crippen molar-refractivity contribution in [1.82, 2.24) is 19.3 Å². The fourth-order valence-electron chi connectivity index (χ4n) is 4.71. The van der Waals surface area contributed by atoms with E-state index < -0.39 is 0 Å². The summed E-state index contributed by atoms with van der Waals surface area (Å²) in [4.78, 5) is 26.7. The minimum absolute atomic E-state index is 0.0987. The molecule has 2 aliphatic heterocycles. The molecule has 2 aliphatic rings. The zero-order valence-electron chi connectivity index (χ0n) is 19.8. The molecule has 34 heavy (non-hydrogen) atoms. The third-order valence-corrected chi connectivity index (χ3v) is 7.38. The van der Waals surface area contributed by atoms with Crippen LogP contribution in [-0.4, -0.2) is 43.5 Å². The molecule has 0 radical (unpaired) electrons. The van der Waals surface area contributed by atoms with Crippen LogP contribution in [0.3, 0.4) is 0 Å². The molecule has 3 aromatic rings. The number of hydrogen-bond acceptors (Lipinski definition) is 7. The molecule has 9 heteroatoms. The van der Waals surface area contributed by atoms with Gasteiger partial charge in [-0.25, -0.2) is 9.67 Å². The summed E-state index contributed by atoms with van der Waals surface area (Å²) in [5.74, 6) is 6.78. The first-order valence-electron chi connectivity index (χ1n) is 11.6. The number of thioether (sulfide) groups is 1. The summed E-state index contributed by atoms with van der Waals surface area (Å²) in [5, 5.41) is 5.31. The molecule has 1 fully saturated rings. The third kappa shape index (κ3) is 4.12. The molecule has 8 nitrogen and oxygen atoms in total. The highest BCUT2D eigenvalue weighted by Gasteiger charge is 2.29. The molecule has 0 bridgehead atoms. The van der Waals surface area contributed by atoms with E-state index in [9.17, 15) is 4.79 Å². The topological polar surface area (TPSA) is 94.3 Å². The molecular weight excluding hydrogens is 446 g/mol. The first-order valence-corrected chi connectivity index (χ1v) is 12.4. The average Bonchev–Trinajstić information content (AvgIpc) is 3.18. The number of aliphatic imine (C=N–C) groups is 1. The maximum Gasteiger partial charge on any atom is 0.293 e. The van der Waals surface area contributed by atoms with Crippen LogP contribution in [0.2, 0.25) is 0 Å². The van der Waals surface area contributed by atoms with Gasteiger partial charge in [0.05, 0.1) is 29.9 Å². The molecule has 1 saturated heterocycles. The summed E-state index contributed by atoms with van der Waals surface area (Å²) in [5.41, 5.74) is 7.97. The van der Waals surface area contributed by atoms with Crippen molar-refractivity contribution in [2.24, 2.45) is 10.7 Å². The number of aromatic nitrogens is 4. The monoisotopic (exact) mass is 475 g/mol. The van der Waals surface area contributed by atoms with Crippen LogP contribution < -0.4 is 16.2 Å². The van der Waals surface area contributed by atoms with Gasteiger partial charge in [-0.2, -0.15) is 5.10 Å². The summed E-state index contributed by atoms with van der Waals surface area (Å²) >= 11 is 1.60. The van der Waals surface area contributed by atoms with Crippen molar-refractivity contribution in [1.29, 1.82) is 0 Å².